The van der Waals surface area contributed by atoms with Crippen LogP contribution in [0.5, 0.6) is 5.95 Å². The first-order valence-corrected chi connectivity index (χ1v) is 9.79. The van der Waals surface area contributed by atoms with E-state index in [2.05, 4.69) is 5.32 Å². The molecule has 4 aromatic rings. The SMILES string of the molecule is O=c1oc(OCCc2ccccc2)c(Cl)c2ccc(NCc3ccccc3)cc12. The monoisotopic (exact) mass is 405 g/mol. The van der Waals surface area contributed by atoms with Crippen molar-refractivity contribution in [1.82, 2.24) is 0 Å². The molecule has 0 aliphatic rings. The number of ether oxygens (including phenoxy) is 1. The van der Waals surface area contributed by atoms with Gasteiger partial charge in [0.1, 0.15) is 5.02 Å². The van der Waals surface area contributed by atoms with E-state index in [9.17, 15) is 4.79 Å². The van der Waals surface area contributed by atoms with Gasteiger partial charge in [-0.15, -0.1) is 0 Å². The van der Waals surface area contributed by atoms with Crippen molar-refractivity contribution in [3.05, 3.63) is 105 Å². The fourth-order valence-corrected chi connectivity index (χ4v) is 3.37. The number of halogens is 1. The third-order valence-electron chi connectivity index (χ3n) is 4.65. The molecule has 29 heavy (non-hydrogen) atoms. The Morgan fingerprint density at radius 3 is 2.28 bits per heavy atom. The summed E-state index contributed by atoms with van der Waals surface area (Å²) in [6.07, 6.45) is 0.696. The number of rotatable bonds is 7. The molecule has 0 saturated heterocycles. The van der Waals surface area contributed by atoms with E-state index in [0.29, 0.717) is 35.4 Å². The molecule has 0 unspecified atom stereocenters. The minimum absolute atomic E-state index is 0.0603. The highest BCUT2D eigenvalue weighted by Crippen LogP contribution is 2.32. The lowest BCUT2D eigenvalue weighted by atomic mass is 10.1. The average molecular weight is 406 g/mol. The molecular weight excluding hydrogens is 386 g/mol. The van der Waals surface area contributed by atoms with Crippen molar-refractivity contribution in [2.75, 3.05) is 11.9 Å². The number of anilines is 1. The van der Waals surface area contributed by atoms with E-state index in [1.54, 1.807) is 6.07 Å². The van der Waals surface area contributed by atoms with Crippen LogP contribution in [0.3, 0.4) is 0 Å². The third kappa shape index (κ3) is 4.61. The van der Waals surface area contributed by atoms with Gasteiger partial charge in [-0.05, 0) is 23.3 Å². The zero-order chi connectivity index (χ0) is 20.1. The summed E-state index contributed by atoms with van der Waals surface area (Å²) < 4.78 is 11.0. The van der Waals surface area contributed by atoms with Crippen LogP contribution in [-0.4, -0.2) is 6.61 Å². The van der Waals surface area contributed by atoms with E-state index < -0.39 is 5.63 Å². The van der Waals surface area contributed by atoms with E-state index in [0.717, 1.165) is 16.8 Å². The Labute approximate surface area is 173 Å². The molecule has 1 heterocycles. The van der Waals surface area contributed by atoms with Gasteiger partial charge in [0.25, 0.3) is 0 Å². The Balaban J connectivity index is 1.50. The summed E-state index contributed by atoms with van der Waals surface area (Å²) in [6, 6.07) is 25.5. The summed E-state index contributed by atoms with van der Waals surface area (Å²) in [4.78, 5) is 12.5. The van der Waals surface area contributed by atoms with Crippen LogP contribution in [0.4, 0.5) is 5.69 Å². The van der Waals surface area contributed by atoms with Gasteiger partial charge in [-0.25, -0.2) is 4.79 Å². The summed E-state index contributed by atoms with van der Waals surface area (Å²) in [5, 5.41) is 4.65. The van der Waals surface area contributed by atoms with Gasteiger partial charge in [0.05, 0.1) is 12.0 Å². The number of hydrogen-bond donors (Lipinski definition) is 1. The number of fused-ring (bicyclic) bond motifs is 1. The van der Waals surface area contributed by atoms with Gasteiger partial charge in [0.2, 0.25) is 0 Å². The normalized spacial score (nSPS) is 10.8. The first-order chi connectivity index (χ1) is 14.2. The van der Waals surface area contributed by atoms with Crippen LogP contribution in [0.25, 0.3) is 10.8 Å². The molecule has 4 nitrogen and oxygen atoms in total. The van der Waals surface area contributed by atoms with Crippen molar-refractivity contribution >= 4 is 28.1 Å². The number of hydrogen-bond acceptors (Lipinski definition) is 4. The van der Waals surface area contributed by atoms with Gasteiger partial charge in [0.15, 0.2) is 0 Å². The molecule has 3 aromatic carbocycles. The molecule has 0 saturated carbocycles. The van der Waals surface area contributed by atoms with E-state index >= 15 is 0 Å². The maximum absolute atomic E-state index is 12.5. The van der Waals surface area contributed by atoms with E-state index in [1.165, 1.54) is 0 Å². The molecule has 0 fully saturated rings. The second-order valence-electron chi connectivity index (χ2n) is 6.67. The lowest BCUT2D eigenvalue weighted by molar-refractivity contribution is 0.235. The summed E-state index contributed by atoms with van der Waals surface area (Å²) >= 11 is 6.44. The molecule has 0 bridgehead atoms. The smallest absolute Gasteiger partial charge is 0.346 e. The summed E-state index contributed by atoms with van der Waals surface area (Å²) in [6.45, 7) is 1.03. The van der Waals surface area contributed by atoms with E-state index in [-0.39, 0.29) is 5.95 Å². The first kappa shape index (κ1) is 19.1. The molecule has 4 rings (SSSR count). The van der Waals surface area contributed by atoms with Crippen LogP contribution in [0.15, 0.2) is 88.1 Å². The molecule has 0 spiro atoms. The Bertz CT molecular complexity index is 1160. The van der Waals surface area contributed by atoms with Gasteiger partial charge in [0, 0.05) is 24.0 Å². The Morgan fingerprint density at radius 1 is 0.862 bits per heavy atom. The minimum Gasteiger partial charge on any atom is -0.464 e. The van der Waals surface area contributed by atoms with Crippen molar-refractivity contribution in [2.45, 2.75) is 13.0 Å². The predicted octanol–water partition coefficient (Wildman–Crippen LogP) is 5.68. The molecule has 0 aliphatic heterocycles. The average Bonchev–Trinajstić information content (AvgIpc) is 2.77. The number of benzene rings is 3. The lowest BCUT2D eigenvalue weighted by Gasteiger charge is -2.10. The van der Waals surface area contributed by atoms with E-state index in [1.807, 2.05) is 72.8 Å². The van der Waals surface area contributed by atoms with Crippen molar-refractivity contribution < 1.29 is 9.15 Å². The summed E-state index contributed by atoms with van der Waals surface area (Å²) in [5.41, 5.74) is 2.64. The molecule has 146 valence electrons. The van der Waals surface area contributed by atoms with Gasteiger partial charge < -0.3 is 14.5 Å². The van der Waals surface area contributed by atoms with Crippen molar-refractivity contribution in [2.24, 2.45) is 0 Å². The Hall–Kier alpha value is -3.24. The van der Waals surface area contributed by atoms with Crippen LogP contribution in [0.2, 0.25) is 5.02 Å². The van der Waals surface area contributed by atoms with Crippen LogP contribution in [0, 0.1) is 0 Å². The maximum Gasteiger partial charge on any atom is 0.346 e. The maximum atomic E-state index is 12.5. The molecule has 0 atom stereocenters. The molecule has 1 N–H and O–H groups in total. The zero-order valence-electron chi connectivity index (χ0n) is 15.7. The first-order valence-electron chi connectivity index (χ1n) is 9.41. The largest absolute Gasteiger partial charge is 0.464 e. The Kier molecular flexibility index (Phi) is 5.82. The van der Waals surface area contributed by atoms with Gasteiger partial charge in [-0.1, -0.05) is 78.3 Å². The lowest BCUT2D eigenvalue weighted by Crippen LogP contribution is -2.07. The fraction of sp³-hybridized carbons (Fsp3) is 0.125. The van der Waals surface area contributed by atoms with Gasteiger partial charge >= 0.3 is 11.6 Å². The second-order valence-corrected chi connectivity index (χ2v) is 7.05. The number of nitrogens with one attached hydrogen (secondary N) is 1. The van der Waals surface area contributed by atoms with Crippen LogP contribution in [0.1, 0.15) is 11.1 Å². The highest BCUT2D eigenvalue weighted by atomic mass is 35.5. The molecule has 0 radical (unpaired) electrons. The summed E-state index contributed by atoms with van der Waals surface area (Å²) in [7, 11) is 0. The van der Waals surface area contributed by atoms with Crippen molar-refractivity contribution in [1.29, 1.82) is 0 Å². The quantitative estimate of drug-likeness (QED) is 0.429. The fourth-order valence-electron chi connectivity index (χ4n) is 3.11. The molecule has 1 aromatic heterocycles. The molecule has 0 aliphatic carbocycles. The van der Waals surface area contributed by atoms with E-state index in [4.69, 9.17) is 20.8 Å². The molecular formula is C24H20ClNO3. The molecule has 5 heteroatoms. The second kappa shape index (κ2) is 8.84. The predicted molar refractivity (Wildman–Crippen MR) is 117 cm³/mol. The van der Waals surface area contributed by atoms with Crippen LogP contribution >= 0.6 is 11.6 Å². The zero-order valence-corrected chi connectivity index (χ0v) is 16.5. The molecule has 0 amide bonds. The topological polar surface area (TPSA) is 51.5 Å². The minimum atomic E-state index is -0.470. The van der Waals surface area contributed by atoms with Crippen LogP contribution in [-0.2, 0) is 13.0 Å². The van der Waals surface area contributed by atoms with Crippen LogP contribution < -0.4 is 15.7 Å². The van der Waals surface area contributed by atoms with Gasteiger partial charge in [-0.3, -0.25) is 0 Å². The standard InChI is InChI=1S/C24H20ClNO3/c25-22-20-12-11-19(26-16-18-9-5-2-6-10-18)15-21(20)23(27)29-24(22)28-14-13-17-7-3-1-4-8-17/h1-12,15,26H,13-14,16H2. The van der Waals surface area contributed by atoms with Crippen molar-refractivity contribution in [3.8, 4) is 5.95 Å². The van der Waals surface area contributed by atoms with Gasteiger partial charge in [-0.2, -0.15) is 0 Å². The van der Waals surface area contributed by atoms with Crippen molar-refractivity contribution in [3.63, 3.8) is 0 Å². The third-order valence-corrected chi connectivity index (χ3v) is 5.00. The summed E-state index contributed by atoms with van der Waals surface area (Å²) in [5.74, 6) is 0.0603. The highest BCUT2D eigenvalue weighted by molar-refractivity contribution is 6.36. The highest BCUT2D eigenvalue weighted by Gasteiger charge is 2.14. The Morgan fingerprint density at radius 2 is 1.55 bits per heavy atom.